The second kappa shape index (κ2) is 8.95. The molecular formula is C15H28O5. The maximum Gasteiger partial charge on any atom is 0.157 e. The van der Waals surface area contributed by atoms with Crippen LogP contribution in [0.1, 0.15) is 44.9 Å². The molecule has 2 aliphatic heterocycles. The van der Waals surface area contributed by atoms with E-state index >= 15 is 0 Å². The zero-order valence-corrected chi connectivity index (χ0v) is 12.2. The van der Waals surface area contributed by atoms with Crippen molar-refractivity contribution >= 4 is 0 Å². The molecule has 0 aromatic carbocycles. The summed E-state index contributed by atoms with van der Waals surface area (Å²) in [5.41, 5.74) is 0. The molecule has 2 N–H and O–H groups in total. The van der Waals surface area contributed by atoms with Gasteiger partial charge >= 0.3 is 0 Å². The lowest BCUT2D eigenvalue weighted by Gasteiger charge is -2.33. The average molecular weight is 288 g/mol. The highest BCUT2D eigenvalue weighted by Gasteiger charge is 2.30. The van der Waals surface area contributed by atoms with E-state index in [1.807, 2.05) is 0 Å². The third-order valence-corrected chi connectivity index (χ3v) is 4.21. The summed E-state index contributed by atoms with van der Waals surface area (Å²) in [4.78, 5) is 0. The van der Waals surface area contributed by atoms with Gasteiger partial charge in [0.25, 0.3) is 0 Å². The Hall–Kier alpha value is -0.200. The highest BCUT2D eigenvalue weighted by atomic mass is 16.7. The molecular weight excluding hydrogens is 260 g/mol. The minimum absolute atomic E-state index is 0.0589. The van der Waals surface area contributed by atoms with Gasteiger partial charge in [0.15, 0.2) is 6.29 Å². The fourth-order valence-corrected chi connectivity index (χ4v) is 2.93. The predicted molar refractivity (Wildman–Crippen MR) is 74.3 cm³/mol. The predicted octanol–water partition coefficient (Wildman–Crippen LogP) is 1.46. The van der Waals surface area contributed by atoms with E-state index < -0.39 is 6.10 Å². The van der Waals surface area contributed by atoms with Gasteiger partial charge in [0.05, 0.1) is 18.8 Å². The molecule has 2 fully saturated rings. The van der Waals surface area contributed by atoms with E-state index in [-0.39, 0.29) is 24.9 Å². The summed E-state index contributed by atoms with van der Waals surface area (Å²) in [6.07, 6.45) is 5.91. The van der Waals surface area contributed by atoms with Crippen LogP contribution in [0, 0.1) is 5.92 Å². The fourth-order valence-electron chi connectivity index (χ4n) is 2.93. The quantitative estimate of drug-likeness (QED) is 0.742. The Morgan fingerprint density at radius 1 is 1.05 bits per heavy atom. The first kappa shape index (κ1) is 16.2. The molecule has 2 rings (SSSR count). The van der Waals surface area contributed by atoms with E-state index in [0.717, 1.165) is 51.7 Å². The molecule has 2 saturated heterocycles. The first-order chi connectivity index (χ1) is 9.81. The Morgan fingerprint density at radius 2 is 1.80 bits per heavy atom. The highest BCUT2D eigenvalue weighted by molar-refractivity contribution is 4.79. The van der Waals surface area contributed by atoms with Gasteiger partial charge in [-0.1, -0.05) is 0 Å². The molecule has 4 atom stereocenters. The Labute approximate surface area is 121 Å². The van der Waals surface area contributed by atoms with Crippen LogP contribution < -0.4 is 0 Å². The molecule has 0 saturated carbocycles. The Balaban J connectivity index is 1.78. The molecule has 118 valence electrons. The van der Waals surface area contributed by atoms with E-state index in [1.54, 1.807) is 0 Å². The SMILES string of the molecule is OCCC(COC1CCCCO1)C(O)C1CCCCO1. The summed E-state index contributed by atoms with van der Waals surface area (Å²) < 4.78 is 16.9. The summed E-state index contributed by atoms with van der Waals surface area (Å²) in [6, 6.07) is 0. The minimum atomic E-state index is -0.564. The zero-order chi connectivity index (χ0) is 14.2. The first-order valence-corrected chi connectivity index (χ1v) is 7.95. The zero-order valence-electron chi connectivity index (χ0n) is 12.2. The number of ether oxygens (including phenoxy) is 3. The normalized spacial score (nSPS) is 30.9. The number of hydrogen-bond donors (Lipinski definition) is 2. The van der Waals surface area contributed by atoms with Gasteiger partial charge in [-0.25, -0.2) is 0 Å². The second-order valence-corrected chi connectivity index (χ2v) is 5.80. The van der Waals surface area contributed by atoms with E-state index in [2.05, 4.69) is 0 Å². The van der Waals surface area contributed by atoms with E-state index in [9.17, 15) is 10.2 Å². The van der Waals surface area contributed by atoms with Crippen molar-refractivity contribution in [1.29, 1.82) is 0 Å². The van der Waals surface area contributed by atoms with Gasteiger partial charge in [-0.05, 0) is 44.9 Å². The van der Waals surface area contributed by atoms with Crippen molar-refractivity contribution in [3.05, 3.63) is 0 Å². The first-order valence-electron chi connectivity index (χ1n) is 7.95. The molecule has 0 bridgehead atoms. The van der Waals surface area contributed by atoms with Crippen molar-refractivity contribution in [1.82, 2.24) is 0 Å². The summed E-state index contributed by atoms with van der Waals surface area (Å²) in [5, 5.41) is 19.6. The van der Waals surface area contributed by atoms with Crippen LogP contribution >= 0.6 is 0 Å². The van der Waals surface area contributed by atoms with Gasteiger partial charge in [0, 0.05) is 25.7 Å². The van der Waals surface area contributed by atoms with Crippen LogP contribution in [0.4, 0.5) is 0 Å². The highest BCUT2D eigenvalue weighted by Crippen LogP contribution is 2.24. The third kappa shape index (κ3) is 4.97. The smallest absolute Gasteiger partial charge is 0.157 e. The Bertz CT molecular complexity index is 249. The molecule has 2 heterocycles. The van der Waals surface area contributed by atoms with Crippen molar-refractivity contribution < 1.29 is 24.4 Å². The third-order valence-electron chi connectivity index (χ3n) is 4.21. The monoisotopic (exact) mass is 288 g/mol. The molecule has 0 radical (unpaired) electrons. The summed E-state index contributed by atoms with van der Waals surface area (Å²) in [6.45, 7) is 1.96. The molecule has 4 unspecified atom stereocenters. The lowest BCUT2D eigenvalue weighted by molar-refractivity contribution is -0.182. The molecule has 0 aromatic rings. The van der Waals surface area contributed by atoms with Crippen LogP contribution in [0.25, 0.3) is 0 Å². The van der Waals surface area contributed by atoms with Crippen LogP contribution in [0.3, 0.4) is 0 Å². The average Bonchev–Trinajstić information content (AvgIpc) is 2.52. The van der Waals surface area contributed by atoms with Gasteiger partial charge in [0.1, 0.15) is 0 Å². The Kier molecular flexibility index (Phi) is 7.24. The fraction of sp³-hybridized carbons (Fsp3) is 1.00. The largest absolute Gasteiger partial charge is 0.396 e. The summed E-state index contributed by atoms with van der Waals surface area (Å²) in [7, 11) is 0. The van der Waals surface area contributed by atoms with Gasteiger partial charge in [-0.2, -0.15) is 0 Å². The number of aliphatic hydroxyl groups excluding tert-OH is 2. The van der Waals surface area contributed by atoms with Gasteiger partial charge in [0.2, 0.25) is 0 Å². The lowest BCUT2D eigenvalue weighted by atomic mass is 9.92. The van der Waals surface area contributed by atoms with Crippen molar-refractivity contribution in [2.24, 2.45) is 5.92 Å². The van der Waals surface area contributed by atoms with Crippen molar-refractivity contribution in [3.8, 4) is 0 Å². The van der Waals surface area contributed by atoms with Crippen molar-refractivity contribution in [3.63, 3.8) is 0 Å². The molecule has 0 spiro atoms. The van der Waals surface area contributed by atoms with Crippen molar-refractivity contribution in [2.75, 3.05) is 26.4 Å². The van der Waals surface area contributed by atoms with E-state index in [1.165, 1.54) is 0 Å². The van der Waals surface area contributed by atoms with Crippen LogP contribution in [-0.4, -0.2) is 55.1 Å². The topological polar surface area (TPSA) is 68.2 Å². The molecule has 0 aromatic heterocycles. The molecule has 5 heteroatoms. The summed E-state index contributed by atoms with van der Waals surface area (Å²) in [5.74, 6) is -0.0892. The number of hydrogen-bond acceptors (Lipinski definition) is 5. The summed E-state index contributed by atoms with van der Waals surface area (Å²) >= 11 is 0. The molecule has 0 amide bonds. The van der Waals surface area contributed by atoms with Crippen LogP contribution in [0.5, 0.6) is 0 Å². The molecule has 5 nitrogen and oxygen atoms in total. The van der Waals surface area contributed by atoms with Gasteiger partial charge in [-0.15, -0.1) is 0 Å². The minimum Gasteiger partial charge on any atom is -0.396 e. The Morgan fingerprint density at radius 3 is 2.40 bits per heavy atom. The maximum absolute atomic E-state index is 10.4. The van der Waals surface area contributed by atoms with Gasteiger partial charge < -0.3 is 24.4 Å². The van der Waals surface area contributed by atoms with Crippen LogP contribution in [0.2, 0.25) is 0 Å². The molecule has 0 aliphatic carbocycles. The second-order valence-electron chi connectivity index (χ2n) is 5.80. The lowest BCUT2D eigenvalue weighted by Crippen LogP contribution is -2.41. The van der Waals surface area contributed by atoms with Gasteiger partial charge in [-0.3, -0.25) is 0 Å². The molecule has 20 heavy (non-hydrogen) atoms. The maximum atomic E-state index is 10.4. The number of aliphatic hydroxyl groups is 2. The van der Waals surface area contributed by atoms with Crippen LogP contribution in [0.15, 0.2) is 0 Å². The molecule has 2 aliphatic rings. The number of rotatable bonds is 7. The van der Waals surface area contributed by atoms with E-state index in [0.29, 0.717) is 13.0 Å². The standard InChI is InChI=1S/C15H28O5/c16-8-7-12(11-20-14-6-2-4-10-19-14)15(17)13-5-1-3-9-18-13/h12-17H,1-11H2. The van der Waals surface area contributed by atoms with E-state index in [4.69, 9.17) is 14.2 Å². The van der Waals surface area contributed by atoms with Crippen LogP contribution in [-0.2, 0) is 14.2 Å². The van der Waals surface area contributed by atoms with Crippen molar-refractivity contribution in [2.45, 2.75) is 63.4 Å².